The summed E-state index contributed by atoms with van der Waals surface area (Å²) in [5.74, 6) is 2.90. The number of piperidine rings is 1. The Morgan fingerprint density at radius 3 is 2.84 bits per heavy atom. The van der Waals surface area contributed by atoms with Crippen LogP contribution in [0.2, 0.25) is 0 Å². The first-order chi connectivity index (χ1) is 9.24. The third-order valence-corrected chi connectivity index (χ3v) is 7.09. The molecule has 5 rings (SSSR count). The van der Waals surface area contributed by atoms with E-state index < -0.39 is 0 Å². The molecule has 0 aromatic heterocycles. The van der Waals surface area contributed by atoms with Crippen molar-refractivity contribution in [1.29, 1.82) is 0 Å². The molecular formula is C18H25N. The zero-order valence-corrected chi connectivity index (χ0v) is 12.3. The van der Waals surface area contributed by atoms with Crippen LogP contribution in [-0.2, 0) is 0 Å². The van der Waals surface area contributed by atoms with Gasteiger partial charge in [0.15, 0.2) is 0 Å². The highest BCUT2D eigenvalue weighted by Crippen LogP contribution is 2.57. The summed E-state index contributed by atoms with van der Waals surface area (Å²) in [6.45, 7) is 6.29. The molecule has 2 saturated carbocycles. The normalized spacial score (nSPS) is 54.6. The predicted octanol–water partition coefficient (Wildman–Crippen LogP) is 3.92. The molecule has 2 saturated heterocycles. The van der Waals surface area contributed by atoms with Crippen molar-refractivity contribution in [2.24, 2.45) is 17.8 Å². The third kappa shape index (κ3) is 1.26. The van der Waals surface area contributed by atoms with E-state index in [0.29, 0.717) is 0 Å². The standard InChI is InChI=1S/C18H25N/c1-10-7-14-9-19(10)16-6-5-15(18(14)16)17-11(2)12-3-4-13(17)8-12/h10,13-14,16,18H,3-9H2,1-2H3/b17-15-. The van der Waals surface area contributed by atoms with Gasteiger partial charge in [0.1, 0.15) is 0 Å². The Balaban J connectivity index is 1.59. The number of hydrogen-bond donors (Lipinski definition) is 0. The molecule has 2 aliphatic heterocycles. The van der Waals surface area contributed by atoms with E-state index >= 15 is 0 Å². The van der Waals surface area contributed by atoms with Crippen molar-refractivity contribution >= 4 is 0 Å². The summed E-state index contributed by atoms with van der Waals surface area (Å²) in [4.78, 5) is 2.85. The van der Waals surface area contributed by atoms with E-state index in [4.69, 9.17) is 0 Å². The first-order valence-corrected chi connectivity index (χ1v) is 8.41. The molecule has 0 spiro atoms. The summed E-state index contributed by atoms with van der Waals surface area (Å²) in [5.41, 5.74) is 7.35. The highest BCUT2D eigenvalue weighted by Gasteiger charge is 2.54. The highest BCUT2D eigenvalue weighted by molar-refractivity contribution is 5.50. The van der Waals surface area contributed by atoms with Gasteiger partial charge < -0.3 is 0 Å². The lowest BCUT2D eigenvalue weighted by Crippen LogP contribution is -2.38. The van der Waals surface area contributed by atoms with E-state index in [-0.39, 0.29) is 0 Å². The summed E-state index contributed by atoms with van der Waals surface area (Å²) in [5, 5.41) is 0. The Hall–Kier alpha value is -0.560. The van der Waals surface area contributed by atoms with Crippen molar-refractivity contribution in [2.75, 3.05) is 6.54 Å². The van der Waals surface area contributed by atoms with E-state index in [1.165, 1.54) is 45.1 Å². The van der Waals surface area contributed by atoms with Gasteiger partial charge in [0.05, 0.1) is 0 Å². The van der Waals surface area contributed by atoms with Crippen LogP contribution in [0.3, 0.4) is 0 Å². The third-order valence-electron chi connectivity index (χ3n) is 7.09. The van der Waals surface area contributed by atoms with Gasteiger partial charge in [-0.15, -0.1) is 0 Å². The van der Waals surface area contributed by atoms with Crippen molar-refractivity contribution in [3.63, 3.8) is 0 Å². The Bertz CT molecular complexity index is 512. The second-order valence-corrected chi connectivity index (χ2v) is 7.78. The van der Waals surface area contributed by atoms with Gasteiger partial charge in [0, 0.05) is 24.5 Å². The Kier molecular flexibility index (Phi) is 2.08. The average Bonchev–Trinajstić information content (AvgIpc) is 3.09. The van der Waals surface area contributed by atoms with Crippen molar-refractivity contribution < 1.29 is 0 Å². The van der Waals surface area contributed by atoms with Gasteiger partial charge in [0.25, 0.3) is 0 Å². The fraction of sp³-hybridized carbons (Fsp3) is 0.778. The van der Waals surface area contributed by atoms with Crippen LogP contribution < -0.4 is 0 Å². The lowest BCUT2D eigenvalue weighted by molar-refractivity contribution is 0.176. The molecule has 4 fully saturated rings. The lowest BCUT2D eigenvalue weighted by Gasteiger charge is -2.33. The molecular weight excluding hydrogens is 230 g/mol. The molecule has 5 aliphatic rings. The van der Waals surface area contributed by atoms with Crippen LogP contribution in [0.15, 0.2) is 22.3 Å². The summed E-state index contributed by atoms with van der Waals surface area (Å²) in [6.07, 6.45) is 8.65. The van der Waals surface area contributed by atoms with Crippen LogP contribution in [0.25, 0.3) is 0 Å². The zero-order chi connectivity index (χ0) is 12.7. The highest BCUT2D eigenvalue weighted by atomic mass is 15.3. The van der Waals surface area contributed by atoms with E-state index in [0.717, 1.165) is 29.8 Å². The molecule has 0 amide bonds. The molecule has 0 N–H and O–H groups in total. The molecule has 3 aliphatic carbocycles. The largest absolute Gasteiger partial charge is 0.297 e. The SMILES string of the molecule is CC1=C2CCC(C2)/C1=C1/CCC2C1C1CC(C)N2C1. The zero-order valence-electron chi connectivity index (χ0n) is 12.3. The maximum absolute atomic E-state index is 2.85. The maximum atomic E-state index is 2.85. The van der Waals surface area contributed by atoms with E-state index in [2.05, 4.69) is 18.7 Å². The van der Waals surface area contributed by atoms with Crippen LogP contribution in [-0.4, -0.2) is 23.5 Å². The Labute approximate surface area is 116 Å². The van der Waals surface area contributed by atoms with E-state index in [1.807, 2.05) is 16.7 Å². The minimum absolute atomic E-state index is 0.870. The van der Waals surface area contributed by atoms with Crippen LogP contribution in [0.5, 0.6) is 0 Å². The molecule has 1 nitrogen and oxygen atoms in total. The topological polar surface area (TPSA) is 3.24 Å². The van der Waals surface area contributed by atoms with E-state index in [1.54, 1.807) is 5.57 Å². The molecule has 6 atom stereocenters. The van der Waals surface area contributed by atoms with Gasteiger partial charge in [-0.25, -0.2) is 0 Å². The Morgan fingerprint density at radius 2 is 2.05 bits per heavy atom. The fourth-order valence-electron chi connectivity index (χ4n) is 6.42. The van der Waals surface area contributed by atoms with Gasteiger partial charge >= 0.3 is 0 Å². The number of allylic oxidation sites excluding steroid dienone is 3. The molecule has 0 aromatic carbocycles. The molecule has 4 bridgehead atoms. The van der Waals surface area contributed by atoms with Gasteiger partial charge in [-0.05, 0) is 75.4 Å². The van der Waals surface area contributed by atoms with Crippen LogP contribution in [0, 0.1) is 17.8 Å². The maximum Gasteiger partial charge on any atom is 0.0170 e. The molecule has 1 heteroatoms. The van der Waals surface area contributed by atoms with Gasteiger partial charge in [-0.3, -0.25) is 4.90 Å². The quantitative estimate of drug-likeness (QED) is 0.634. The predicted molar refractivity (Wildman–Crippen MR) is 77.9 cm³/mol. The monoisotopic (exact) mass is 255 g/mol. The minimum atomic E-state index is 0.870. The number of fused-ring (bicyclic) bond motifs is 7. The first-order valence-electron chi connectivity index (χ1n) is 8.41. The summed E-state index contributed by atoms with van der Waals surface area (Å²) in [6, 6.07) is 1.79. The minimum Gasteiger partial charge on any atom is -0.297 e. The smallest absolute Gasteiger partial charge is 0.0170 e. The molecule has 2 heterocycles. The Morgan fingerprint density at radius 1 is 1.16 bits per heavy atom. The number of hydrogen-bond acceptors (Lipinski definition) is 1. The number of nitrogens with zero attached hydrogens (tertiary/aromatic N) is 1. The van der Waals surface area contributed by atoms with Crippen molar-refractivity contribution in [3.8, 4) is 0 Å². The summed E-state index contributed by atoms with van der Waals surface area (Å²) >= 11 is 0. The van der Waals surface area contributed by atoms with Crippen LogP contribution in [0.1, 0.15) is 52.4 Å². The van der Waals surface area contributed by atoms with Gasteiger partial charge in [-0.1, -0.05) is 11.1 Å². The lowest BCUT2D eigenvalue weighted by atomic mass is 9.78. The molecule has 0 aromatic rings. The first kappa shape index (κ1) is 11.1. The second kappa shape index (κ2) is 3.55. The van der Waals surface area contributed by atoms with Crippen molar-refractivity contribution in [3.05, 3.63) is 22.3 Å². The van der Waals surface area contributed by atoms with Gasteiger partial charge in [0.2, 0.25) is 0 Å². The molecule has 6 unspecified atom stereocenters. The number of rotatable bonds is 0. The average molecular weight is 255 g/mol. The molecule has 0 radical (unpaired) electrons. The summed E-state index contributed by atoms with van der Waals surface area (Å²) in [7, 11) is 0. The fourth-order valence-corrected chi connectivity index (χ4v) is 6.42. The van der Waals surface area contributed by atoms with Crippen molar-refractivity contribution in [2.45, 2.75) is 64.5 Å². The van der Waals surface area contributed by atoms with Crippen LogP contribution >= 0.6 is 0 Å². The second-order valence-electron chi connectivity index (χ2n) is 7.78. The van der Waals surface area contributed by atoms with Gasteiger partial charge in [-0.2, -0.15) is 0 Å². The van der Waals surface area contributed by atoms with Crippen LogP contribution in [0.4, 0.5) is 0 Å². The van der Waals surface area contributed by atoms with Crippen molar-refractivity contribution in [1.82, 2.24) is 4.90 Å². The van der Waals surface area contributed by atoms with E-state index in [9.17, 15) is 0 Å². The molecule has 102 valence electrons. The molecule has 19 heavy (non-hydrogen) atoms. The summed E-state index contributed by atoms with van der Waals surface area (Å²) < 4.78 is 0.